The van der Waals surface area contributed by atoms with E-state index in [0.717, 1.165) is 32.5 Å². The lowest BCUT2D eigenvalue weighted by Crippen LogP contribution is -2.52. The molecule has 3 fully saturated rings. The van der Waals surface area contributed by atoms with Crippen molar-refractivity contribution >= 4 is 29.0 Å². The van der Waals surface area contributed by atoms with Gasteiger partial charge in [0, 0.05) is 24.4 Å². The average molecular weight is 432 g/mol. The van der Waals surface area contributed by atoms with Gasteiger partial charge in [-0.15, -0.1) is 11.3 Å². The third-order valence-corrected chi connectivity index (χ3v) is 6.63. The molecule has 0 aliphatic carbocycles. The molecule has 5 heterocycles. The van der Waals surface area contributed by atoms with Gasteiger partial charge in [-0.1, -0.05) is 0 Å². The van der Waals surface area contributed by atoms with Crippen LogP contribution >= 0.6 is 11.3 Å². The first-order valence-corrected chi connectivity index (χ1v) is 10.8. The maximum atomic E-state index is 13.2. The number of anilines is 1. The predicted octanol–water partition coefficient (Wildman–Crippen LogP) is 2.73. The molecule has 9 heteroatoms. The Balaban J connectivity index is 1.57. The van der Waals surface area contributed by atoms with Crippen molar-refractivity contribution in [2.45, 2.75) is 25.0 Å². The van der Waals surface area contributed by atoms with Gasteiger partial charge in [-0.3, -0.25) is 4.90 Å². The summed E-state index contributed by atoms with van der Waals surface area (Å²) in [7, 11) is 2.87. The van der Waals surface area contributed by atoms with Crippen LogP contribution in [0.1, 0.15) is 34.1 Å². The summed E-state index contributed by atoms with van der Waals surface area (Å²) >= 11 is 1.25. The Bertz CT molecular complexity index is 892. The topological polar surface area (TPSA) is 90.0 Å². The van der Waals surface area contributed by atoms with Gasteiger partial charge in [-0.05, 0) is 49.4 Å². The van der Waals surface area contributed by atoms with Crippen molar-refractivity contribution in [3.05, 3.63) is 40.2 Å². The number of hydrogen-bond donors (Lipinski definition) is 1. The fourth-order valence-corrected chi connectivity index (χ4v) is 4.83. The van der Waals surface area contributed by atoms with Crippen molar-refractivity contribution in [2.75, 3.05) is 39.2 Å². The minimum Gasteiger partial charge on any atom is -0.481 e. The van der Waals surface area contributed by atoms with E-state index in [1.54, 1.807) is 29.8 Å². The van der Waals surface area contributed by atoms with Gasteiger partial charge < -0.3 is 19.5 Å². The van der Waals surface area contributed by atoms with E-state index in [1.807, 2.05) is 0 Å². The zero-order valence-electron chi connectivity index (χ0n) is 17.0. The molecule has 0 spiro atoms. The van der Waals surface area contributed by atoms with E-state index in [1.165, 1.54) is 25.6 Å². The van der Waals surface area contributed by atoms with Gasteiger partial charge in [0.2, 0.25) is 5.88 Å². The largest absolute Gasteiger partial charge is 0.481 e. The lowest BCUT2D eigenvalue weighted by Gasteiger charge is -2.44. The molecule has 3 saturated heterocycles. The van der Waals surface area contributed by atoms with Gasteiger partial charge in [-0.2, -0.15) is 0 Å². The van der Waals surface area contributed by atoms with Crippen LogP contribution in [0, 0.1) is 5.92 Å². The van der Waals surface area contributed by atoms with Crippen molar-refractivity contribution in [1.82, 2.24) is 9.88 Å². The highest BCUT2D eigenvalue weighted by atomic mass is 32.1. The lowest BCUT2D eigenvalue weighted by atomic mass is 9.86. The maximum absolute atomic E-state index is 13.2. The summed E-state index contributed by atoms with van der Waals surface area (Å²) in [6.45, 7) is 2.91. The number of nitrogens with one attached hydrogen (secondary N) is 1. The highest BCUT2D eigenvalue weighted by molar-refractivity contribution is 7.12. The van der Waals surface area contributed by atoms with Crippen LogP contribution in [0.3, 0.4) is 0 Å². The molecule has 0 amide bonds. The molecular formula is C21H25N3O5S. The van der Waals surface area contributed by atoms with Crippen molar-refractivity contribution in [3.63, 3.8) is 0 Å². The SMILES string of the molecule is COC(=O)c1sccc1N[C@@H](C(=O)OC1CN2CCC1CC2)c1ccc(OC)nc1. The summed E-state index contributed by atoms with van der Waals surface area (Å²) in [5.41, 5.74) is 1.16. The summed E-state index contributed by atoms with van der Waals surface area (Å²) in [5, 5.41) is 4.95. The standard InChI is InChI=1S/C21H25N3O5S/c1-27-17-4-3-14(11-22-17)18(23-15-7-10-30-19(15)21(26)28-2)20(25)29-16-12-24-8-5-13(16)6-9-24/h3-4,7,10-11,13,16,18,23H,5-6,8-9,12H2,1-2H3/t16?,18-/m1/s1. The summed E-state index contributed by atoms with van der Waals surface area (Å²) in [5.74, 6) is 0.0157. The van der Waals surface area contributed by atoms with Crippen LogP contribution < -0.4 is 10.1 Å². The number of nitrogens with zero attached hydrogens (tertiary/aromatic N) is 2. The molecule has 30 heavy (non-hydrogen) atoms. The number of pyridine rings is 1. The normalized spacial score (nSPS) is 23.5. The fourth-order valence-electron chi connectivity index (χ4n) is 4.05. The van der Waals surface area contributed by atoms with Crippen LogP contribution in [0.4, 0.5) is 5.69 Å². The summed E-state index contributed by atoms with van der Waals surface area (Å²) in [6, 6.07) is 4.41. The molecule has 160 valence electrons. The molecule has 1 unspecified atom stereocenters. The van der Waals surface area contributed by atoms with E-state index in [4.69, 9.17) is 14.2 Å². The number of carbonyl (C=O) groups excluding carboxylic acids is 2. The molecule has 3 aliphatic rings. The predicted molar refractivity (Wildman–Crippen MR) is 112 cm³/mol. The second-order valence-electron chi connectivity index (χ2n) is 7.48. The maximum Gasteiger partial charge on any atom is 0.350 e. The Morgan fingerprint density at radius 2 is 2.03 bits per heavy atom. The molecule has 3 aliphatic heterocycles. The zero-order chi connectivity index (χ0) is 21.1. The van der Waals surface area contributed by atoms with Crippen LogP contribution in [0.15, 0.2) is 29.8 Å². The minimum atomic E-state index is -0.808. The third kappa shape index (κ3) is 4.27. The van der Waals surface area contributed by atoms with Crippen LogP contribution in [-0.2, 0) is 14.3 Å². The monoisotopic (exact) mass is 431 g/mol. The molecule has 2 aromatic heterocycles. The summed E-state index contributed by atoms with van der Waals surface area (Å²) in [6.07, 6.45) is 3.57. The van der Waals surface area contributed by atoms with E-state index in [0.29, 0.717) is 27.9 Å². The number of hydrogen-bond acceptors (Lipinski definition) is 9. The van der Waals surface area contributed by atoms with E-state index >= 15 is 0 Å². The second kappa shape index (κ2) is 9.01. The summed E-state index contributed by atoms with van der Waals surface area (Å²) < 4.78 is 15.9. The van der Waals surface area contributed by atoms with Gasteiger partial charge in [0.1, 0.15) is 11.0 Å². The number of methoxy groups -OCH3 is 2. The Kier molecular flexibility index (Phi) is 6.19. The molecule has 5 rings (SSSR count). The van der Waals surface area contributed by atoms with Crippen molar-refractivity contribution in [2.24, 2.45) is 5.92 Å². The molecule has 0 aromatic carbocycles. The quantitative estimate of drug-likeness (QED) is 0.670. The third-order valence-electron chi connectivity index (χ3n) is 5.74. The van der Waals surface area contributed by atoms with E-state index in [-0.39, 0.29) is 12.1 Å². The Morgan fingerprint density at radius 3 is 2.63 bits per heavy atom. The van der Waals surface area contributed by atoms with E-state index < -0.39 is 12.0 Å². The first-order chi connectivity index (χ1) is 14.6. The first kappa shape index (κ1) is 20.6. The van der Waals surface area contributed by atoms with Gasteiger partial charge in [0.05, 0.1) is 19.9 Å². The molecule has 1 N–H and O–H groups in total. The fraction of sp³-hybridized carbons (Fsp3) is 0.476. The highest BCUT2D eigenvalue weighted by Gasteiger charge is 2.38. The molecule has 0 saturated carbocycles. The molecule has 0 radical (unpaired) electrons. The van der Waals surface area contributed by atoms with Gasteiger partial charge in [0.15, 0.2) is 6.04 Å². The minimum absolute atomic E-state index is 0.113. The van der Waals surface area contributed by atoms with Crippen molar-refractivity contribution < 1.29 is 23.8 Å². The van der Waals surface area contributed by atoms with Crippen molar-refractivity contribution in [1.29, 1.82) is 0 Å². The Morgan fingerprint density at radius 1 is 1.23 bits per heavy atom. The second-order valence-corrected chi connectivity index (χ2v) is 8.40. The number of carbonyl (C=O) groups is 2. The van der Waals surface area contributed by atoms with Crippen LogP contribution in [0.25, 0.3) is 0 Å². The Hall–Kier alpha value is -2.65. The van der Waals surface area contributed by atoms with E-state index in [2.05, 4.69) is 15.2 Å². The number of piperidine rings is 3. The Labute approximate surface area is 179 Å². The molecule has 8 nitrogen and oxygen atoms in total. The van der Waals surface area contributed by atoms with Gasteiger partial charge >= 0.3 is 11.9 Å². The number of fused-ring (bicyclic) bond motifs is 3. The van der Waals surface area contributed by atoms with Gasteiger partial charge in [-0.25, -0.2) is 14.6 Å². The number of esters is 2. The number of ether oxygens (including phenoxy) is 3. The smallest absolute Gasteiger partial charge is 0.350 e. The molecule has 2 atom stereocenters. The summed E-state index contributed by atoms with van der Waals surface area (Å²) in [4.78, 5) is 32.3. The average Bonchev–Trinajstić information content (AvgIpc) is 3.26. The lowest BCUT2D eigenvalue weighted by molar-refractivity contribution is -0.159. The van der Waals surface area contributed by atoms with E-state index in [9.17, 15) is 9.59 Å². The highest BCUT2D eigenvalue weighted by Crippen LogP contribution is 2.32. The first-order valence-electron chi connectivity index (χ1n) is 9.94. The van der Waals surface area contributed by atoms with Crippen LogP contribution in [-0.4, -0.2) is 61.8 Å². The van der Waals surface area contributed by atoms with Crippen molar-refractivity contribution in [3.8, 4) is 5.88 Å². The molecular weight excluding hydrogens is 406 g/mol. The number of rotatable bonds is 7. The number of aromatic nitrogens is 1. The van der Waals surface area contributed by atoms with Gasteiger partial charge in [0.25, 0.3) is 0 Å². The zero-order valence-corrected chi connectivity index (χ0v) is 17.8. The molecule has 2 bridgehead atoms. The number of thiophene rings is 1. The molecule has 2 aromatic rings. The van der Waals surface area contributed by atoms with Crippen LogP contribution in [0.5, 0.6) is 5.88 Å². The van der Waals surface area contributed by atoms with Crippen LogP contribution in [0.2, 0.25) is 0 Å².